The predicted octanol–water partition coefficient (Wildman–Crippen LogP) is 3.40. The molecule has 3 rings (SSSR count). The number of halogens is 1. The van der Waals surface area contributed by atoms with Crippen molar-refractivity contribution in [2.24, 2.45) is 0 Å². The molecule has 1 nitrogen and oxygen atoms in total. The van der Waals surface area contributed by atoms with Crippen molar-refractivity contribution in [3.63, 3.8) is 0 Å². The van der Waals surface area contributed by atoms with Crippen LogP contribution in [0.4, 0.5) is 4.39 Å². The van der Waals surface area contributed by atoms with Gasteiger partial charge in [0, 0.05) is 11.1 Å². The highest BCUT2D eigenvalue weighted by Gasteiger charge is 2.24. The quantitative estimate of drug-likeness (QED) is 0.652. The van der Waals surface area contributed by atoms with Crippen molar-refractivity contribution in [3.05, 3.63) is 70.6 Å². The van der Waals surface area contributed by atoms with Gasteiger partial charge < -0.3 is 0 Å². The summed E-state index contributed by atoms with van der Waals surface area (Å²) in [5.74, 6) is -0.288. The zero-order chi connectivity index (χ0) is 11.8. The van der Waals surface area contributed by atoms with Crippen LogP contribution in [0.1, 0.15) is 0 Å². The molecule has 0 radical (unpaired) electrons. The van der Waals surface area contributed by atoms with Crippen LogP contribution in [0, 0.1) is 5.82 Å². The van der Waals surface area contributed by atoms with E-state index in [1.54, 1.807) is 12.1 Å². The summed E-state index contributed by atoms with van der Waals surface area (Å²) in [6.07, 6.45) is 0. The van der Waals surface area contributed by atoms with Gasteiger partial charge in [-0.05, 0) is 23.3 Å². The van der Waals surface area contributed by atoms with Crippen LogP contribution in [0.25, 0.3) is 22.3 Å². The molecule has 0 amide bonds. The van der Waals surface area contributed by atoms with Gasteiger partial charge in [-0.3, -0.25) is 4.79 Å². The van der Waals surface area contributed by atoms with E-state index in [1.807, 2.05) is 30.3 Å². The van der Waals surface area contributed by atoms with Crippen molar-refractivity contribution >= 4 is 0 Å². The maximum Gasteiger partial charge on any atom is 0.195 e. The third-order valence-electron chi connectivity index (χ3n) is 2.84. The fourth-order valence-electron chi connectivity index (χ4n) is 1.94. The zero-order valence-electron chi connectivity index (χ0n) is 8.98. The van der Waals surface area contributed by atoms with E-state index < -0.39 is 0 Å². The van der Waals surface area contributed by atoms with Crippen molar-refractivity contribution in [3.8, 4) is 22.3 Å². The monoisotopic (exact) mass is 224 g/mol. The third-order valence-corrected chi connectivity index (χ3v) is 2.84. The Kier molecular flexibility index (Phi) is 2.15. The van der Waals surface area contributed by atoms with Crippen LogP contribution in [0.3, 0.4) is 0 Å². The maximum atomic E-state index is 12.8. The van der Waals surface area contributed by atoms with Gasteiger partial charge in [-0.25, -0.2) is 4.39 Å². The molecule has 82 valence electrons. The minimum atomic E-state index is -0.288. The largest absolute Gasteiger partial charge is 0.289 e. The highest BCUT2D eigenvalue weighted by molar-refractivity contribution is 5.93. The summed E-state index contributed by atoms with van der Waals surface area (Å²) in [5, 5.41) is 0. The average molecular weight is 224 g/mol. The van der Waals surface area contributed by atoms with Crippen LogP contribution in [-0.4, -0.2) is 0 Å². The van der Waals surface area contributed by atoms with Gasteiger partial charge in [0.1, 0.15) is 5.82 Å². The number of benzene rings is 2. The van der Waals surface area contributed by atoms with Gasteiger partial charge >= 0.3 is 0 Å². The molecule has 0 aliphatic carbocycles. The van der Waals surface area contributed by atoms with Crippen LogP contribution < -0.4 is 5.43 Å². The summed E-state index contributed by atoms with van der Waals surface area (Å²) in [6.45, 7) is 0. The summed E-state index contributed by atoms with van der Waals surface area (Å²) < 4.78 is 12.8. The molecule has 0 heterocycles. The van der Waals surface area contributed by atoms with Crippen molar-refractivity contribution in [1.82, 2.24) is 0 Å². The molecular weight excluding hydrogens is 215 g/mol. The molecule has 0 N–H and O–H groups in total. The smallest absolute Gasteiger partial charge is 0.195 e. The average Bonchev–Trinajstić information content (AvgIpc) is 3.03. The van der Waals surface area contributed by atoms with Crippen LogP contribution in [0.5, 0.6) is 0 Å². The van der Waals surface area contributed by atoms with Gasteiger partial charge in [0.25, 0.3) is 0 Å². The second-order valence-electron chi connectivity index (χ2n) is 3.95. The summed E-state index contributed by atoms with van der Waals surface area (Å²) in [4.78, 5) is 11.7. The molecule has 0 aliphatic rings. The van der Waals surface area contributed by atoms with Crippen LogP contribution in [-0.2, 0) is 0 Å². The Morgan fingerprint density at radius 3 is 1.82 bits per heavy atom. The van der Waals surface area contributed by atoms with Gasteiger partial charge in [-0.2, -0.15) is 0 Å². The van der Waals surface area contributed by atoms with Gasteiger partial charge in [0.2, 0.25) is 0 Å². The first-order valence-electron chi connectivity index (χ1n) is 5.38. The Bertz CT molecular complexity index is 659. The third kappa shape index (κ3) is 1.68. The maximum absolute atomic E-state index is 12.8. The van der Waals surface area contributed by atoms with Gasteiger partial charge in [-0.1, -0.05) is 42.5 Å². The number of hydrogen-bond donors (Lipinski definition) is 0. The minimum Gasteiger partial charge on any atom is -0.289 e. The van der Waals surface area contributed by atoms with Crippen molar-refractivity contribution < 1.29 is 4.39 Å². The molecular formula is C15H9FO. The first-order chi connectivity index (χ1) is 8.27. The lowest BCUT2D eigenvalue weighted by atomic mass is 10.1. The number of rotatable bonds is 2. The predicted molar refractivity (Wildman–Crippen MR) is 65.9 cm³/mol. The second-order valence-corrected chi connectivity index (χ2v) is 3.95. The molecule has 0 aromatic heterocycles. The van der Waals surface area contributed by atoms with Crippen molar-refractivity contribution in [2.75, 3.05) is 0 Å². The second kappa shape index (κ2) is 3.67. The highest BCUT2D eigenvalue weighted by atomic mass is 19.1. The van der Waals surface area contributed by atoms with Gasteiger partial charge in [0.05, 0.1) is 0 Å². The molecule has 0 aliphatic heterocycles. The van der Waals surface area contributed by atoms with E-state index in [0.717, 1.165) is 16.7 Å². The Balaban J connectivity index is 2.03. The first kappa shape index (κ1) is 9.97. The lowest BCUT2D eigenvalue weighted by Crippen LogP contribution is -1.78. The normalized spacial score (nSPS) is 10.9. The molecule has 0 atom stereocenters. The van der Waals surface area contributed by atoms with E-state index in [4.69, 9.17) is 0 Å². The number of hydrogen-bond acceptors (Lipinski definition) is 1. The molecule has 0 fully saturated rings. The lowest BCUT2D eigenvalue weighted by Gasteiger charge is -1.93. The summed E-state index contributed by atoms with van der Waals surface area (Å²) in [7, 11) is 0. The van der Waals surface area contributed by atoms with E-state index in [9.17, 15) is 9.18 Å². The van der Waals surface area contributed by atoms with Gasteiger partial charge in [-0.15, -0.1) is 0 Å². The molecule has 3 aromatic rings. The molecule has 0 saturated carbocycles. The van der Waals surface area contributed by atoms with Crippen LogP contribution in [0.15, 0.2) is 59.4 Å². The lowest BCUT2D eigenvalue weighted by molar-refractivity contribution is 0.628. The standard InChI is InChI=1S/C15H9FO/c16-12-8-6-11(7-9-12)14-13(15(14)17)10-4-2-1-3-5-10/h1-9H. The molecule has 0 bridgehead atoms. The molecule has 2 heteroatoms. The SMILES string of the molecule is O=c1c(-c2ccccc2)c1-c1ccc(F)cc1. The van der Waals surface area contributed by atoms with E-state index in [0.29, 0.717) is 5.56 Å². The van der Waals surface area contributed by atoms with E-state index in [1.165, 1.54) is 12.1 Å². The topological polar surface area (TPSA) is 17.1 Å². The van der Waals surface area contributed by atoms with Crippen LogP contribution >= 0.6 is 0 Å². The molecule has 0 spiro atoms. The fourth-order valence-corrected chi connectivity index (χ4v) is 1.94. The Labute approximate surface area is 97.8 Å². The molecule has 3 aromatic carbocycles. The fraction of sp³-hybridized carbons (Fsp3) is 0. The molecule has 0 saturated heterocycles. The highest BCUT2D eigenvalue weighted by Crippen LogP contribution is 2.33. The van der Waals surface area contributed by atoms with E-state index in [-0.39, 0.29) is 11.2 Å². The Hall–Kier alpha value is -2.22. The van der Waals surface area contributed by atoms with Crippen molar-refractivity contribution in [1.29, 1.82) is 0 Å². The van der Waals surface area contributed by atoms with Gasteiger partial charge in [0.15, 0.2) is 5.43 Å². The van der Waals surface area contributed by atoms with E-state index >= 15 is 0 Å². The molecule has 17 heavy (non-hydrogen) atoms. The zero-order valence-corrected chi connectivity index (χ0v) is 8.98. The Morgan fingerprint density at radius 2 is 1.24 bits per heavy atom. The minimum absolute atomic E-state index is 0.0582. The van der Waals surface area contributed by atoms with Crippen LogP contribution in [0.2, 0.25) is 0 Å². The molecule has 0 unspecified atom stereocenters. The Morgan fingerprint density at radius 1 is 0.706 bits per heavy atom. The van der Waals surface area contributed by atoms with E-state index in [2.05, 4.69) is 0 Å². The summed E-state index contributed by atoms with van der Waals surface area (Å²) in [5.41, 5.74) is 3.23. The first-order valence-corrected chi connectivity index (χ1v) is 5.38. The van der Waals surface area contributed by atoms with Crippen molar-refractivity contribution in [2.45, 2.75) is 0 Å². The summed E-state index contributed by atoms with van der Waals surface area (Å²) >= 11 is 0. The summed E-state index contributed by atoms with van der Waals surface area (Å²) in [6, 6.07) is 15.5.